The molecule has 9 nitrogen and oxygen atoms in total. The van der Waals surface area contributed by atoms with Gasteiger partial charge in [-0.3, -0.25) is 4.79 Å². The lowest BCUT2D eigenvalue weighted by Gasteiger charge is -2.23. The van der Waals surface area contributed by atoms with Crippen LogP contribution in [-0.4, -0.2) is 37.2 Å². The molecule has 1 unspecified atom stereocenters. The van der Waals surface area contributed by atoms with Crippen molar-refractivity contribution in [3.63, 3.8) is 0 Å². The Hall–Kier alpha value is -4.61. The molecule has 0 bridgehead atoms. The highest BCUT2D eigenvalue weighted by atomic mass is 32.1. The molecule has 0 aliphatic heterocycles. The lowest BCUT2D eigenvalue weighted by molar-refractivity contribution is -0.118. The van der Waals surface area contributed by atoms with Gasteiger partial charge in [-0.05, 0) is 36.5 Å². The van der Waals surface area contributed by atoms with Crippen LogP contribution in [0.3, 0.4) is 0 Å². The number of amides is 1. The summed E-state index contributed by atoms with van der Waals surface area (Å²) in [4.78, 5) is 23.8. The molecule has 232 valence electrons. The van der Waals surface area contributed by atoms with Crippen LogP contribution in [-0.2, 0) is 4.79 Å². The van der Waals surface area contributed by atoms with E-state index in [0.29, 0.717) is 39.8 Å². The molecule has 1 fully saturated rings. The fraction of sp³-hybridized carbons (Fsp3) is 0.265. The highest BCUT2D eigenvalue weighted by molar-refractivity contribution is 7.23. The Morgan fingerprint density at radius 2 is 1.64 bits per heavy atom. The second-order valence-electron chi connectivity index (χ2n) is 10.8. The molecule has 2 heterocycles. The van der Waals surface area contributed by atoms with Crippen molar-refractivity contribution in [1.82, 2.24) is 9.97 Å². The summed E-state index contributed by atoms with van der Waals surface area (Å²) < 4.78 is 16.4. The van der Waals surface area contributed by atoms with Crippen molar-refractivity contribution in [3.8, 4) is 38.4 Å². The summed E-state index contributed by atoms with van der Waals surface area (Å²) in [5, 5.41) is 9.85. The zero-order valence-corrected chi connectivity index (χ0v) is 27.0. The van der Waals surface area contributed by atoms with Gasteiger partial charge in [0.05, 0.1) is 32.9 Å². The second kappa shape index (κ2) is 13.6. The number of thiazole rings is 2. The minimum absolute atomic E-state index is 0.0359. The van der Waals surface area contributed by atoms with Crippen molar-refractivity contribution in [1.29, 1.82) is 0 Å². The maximum atomic E-state index is 13.6. The van der Waals surface area contributed by atoms with E-state index in [1.807, 2.05) is 60.0 Å². The van der Waals surface area contributed by atoms with Crippen LogP contribution in [0.5, 0.6) is 17.2 Å². The number of hydrogen-bond donors (Lipinski definition) is 3. The predicted molar refractivity (Wildman–Crippen MR) is 182 cm³/mol. The largest absolute Gasteiger partial charge is 0.493 e. The van der Waals surface area contributed by atoms with E-state index >= 15 is 0 Å². The third-order valence-electron chi connectivity index (χ3n) is 8.01. The molecule has 5 aromatic rings. The molecule has 0 radical (unpaired) electrons. The molecule has 1 aliphatic rings. The van der Waals surface area contributed by atoms with Crippen LogP contribution < -0.4 is 30.6 Å². The monoisotopic (exact) mass is 641 g/mol. The highest BCUT2D eigenvalue weighted by Gasteiger charge is 2.32. The molecule has 1 aliphatic carbocycles. The first-order valence-corrected chi connectivity index (χ1v) is 16.4. The zero-order valence-electron chi connectivity index (χ0n) is 25.3. The zero-order chi connectivity index (χ0) is 31.3. The predicted octanol–water partition coefficient (Wildman–Crippen LogP) is 8.20. The summed E-state index contributed by atoms with van der Waals surface area (Å²) in [6.45, 7) is 0. The van der Waals surface area contributed by atoms with Crippen LogP contribution in [0.1, 0.15) is 37.2 Å². The lowest BCUT2D eigenvalue weighted by atomic mass is 9.84. The van der Waals surface area contributed by atoms with Crippen LogP contribution in [0.4, 0.5) is 22.3 Å². The lowest BCUT2D eigenvalue weighted by Crippen LogP contribution is -2.26. The first-order valence-electron chi connectivity index (χ1n) is 14.7. The molecule has 11 heteroatoms. The molecule has 6 rings (SSSR count). The molecule has 1 saturated carbocycles. The van der Waals surface area contributed by atoms with Gasteiger partial charge in [0.25, 0.3) is 0 Å². The van der Waals surface area contributed by atoms with Gasteiger partial charge in [-0.2, -0.15) is 0 Å². The van der Waals surface area contributed by atoms with E-state index in [2.05, 4.69) is 27.8 Å². The second-order valence-corrected chi connectivity index (χ2v) is 12.7. The number of rotatable bonds is 11. The van der Waals surface area contributed by atoms with Crippen LogP contribution in [0, 0.1) is 5.92 Å². The number of anilines is 4. The first-order chi connectivity index (χ1) is 22.0. The van der Waals surface area contributed by atoms with Gasteiger partial charge >= 0.3 is 0 Å². The fourth-order valence-corrected chi connectivity index (χ4v) is 7.72. The van der Waals surface area contributed by atoms with Gasteiger partial charge in [0.2, 0.25) is 11.7 Å². The molecule has 3 aromatic carbocycles. The van der Waals surface area contributed by atoms with E-state index in [0.717, 1.165) is 45.2 Å². The van der Waals surface area contributed by atoms with Crippen LogP contribution in [0.15, 0.2) is 72.1 Å². The number of nitrogens with one attached hydrogen (secondary N) is 2. The van der Waals surface area contributed by atoms with Crippen molar-refractivity contribution >= 4 is 50.9 Å². The van der Waals surface area contributed by atoms with E-state index in [4.69, 9.17) is 24.9 Å². The van der Waals surface area contributed by atoms with Crippen molar-refractivity contribution in [2.75, 3.05) is 37.7 Å². The van der Waals surface area contributed by atoms with Gasteiger partial charge < -0.3 is 30.6 Å². The molecule has 2 aromatic heterocycles. The maximum absolute atomic E-state index is 13.6. The number of nitrogens with two attached hydrogens (primary N) is 1. The van der Waals surface area contributed by atoms with E-state index < -0.39 is 0 Å². The Morgan fingerprint density at radius 1 is 0.911 bits per heavy atom. The number of aromatic nitrogens is 2. The quantitative estimate of drug-likeness (QED) is 0.132. The van der Waals surface area contributed by atoms with Gasteiger partial charge in [-0.1, -0.05) is 66.6 Å². The third kappa shape index (κ3) is 6.59. The minimum atomic E-state index is -0.166. The summed E-state index contributed by atoms with van der Waals surface area (Å²) in [5.41, 5.74) is 10.6. The minimum Gasteiger partial charge on any atom is -0.493 e. The summed E-state index contributed by atoms with van der Waals surface area (Å²) in [6, 6.07) is 21.6. The smallest absolute Gasteiger partial charge is 0.232 e. The van der Waals surface area contributed by atoms with Gasteiger partial charge in [0.1, 0.15) is 15.7 Å². The average molecular weight is 642 g/mol. The number of methoxy groups -OCH3 is 3. The summed E-state index contributed by atoms with van der Waals surface area (Å²) in [7, 11) is 4.71. The molecule has 0 saturated heterocycles. The molecular formula is C34H35N5O4S2. The Morgan fingerprint density at radius 3 is 2.33 bits per heavy atom. The van der Waals surface area contributed by atoms with E-state index in [1.54, 1.807) is 21.3 Å². The molecule has 0 spiro atoms. The highest BCUT2D eigenvalue weighted by Crippen LogP contribution is 2.43. The number of carbonyl (C=O) groups excluding carboxylic acids is 1. The Balaban J connectivity index is 1.20. The molecule has 4 N–H and O–H groups in total. The number of benzene rings is 3. The van der Waals surface area contributed by atoms with Crippen LogP contribution >= 0.6 is 22.7 Å². The van der Waals surface area contributed by atoms with Crippen molar-refractivity contribution < 1.29 is 19.0 Å². The first kappa shape index (κ1) is 30.4. The average Bonchev–Trinajstić information content (AvgIpc) is 3.83. The number of hydrogen-bond acceptors (Lipinski definition) is 10. The molecule has 1 atom stereocenters. The number of nitrogen functional groups attached to an aromatic ring is 1. The molecule has 1 amide bonds. The Labute approximate surface area is 270 Å². The van der Waals surface area contributed by atoms with E-state index in [1.165, 1.54) is 35.5 Å². The SMILES string of the molecule is COc1cc(Nc2nc(N)c(-c3nc(-c4cccc(NC(=O)C(c5ccccc5)C5CCCC5)c4)cs3)s2)cc(OC)c1OC. The number of carbonyl (C=O) groups is 1. The third-order valence-corrected chi connectivity index (χ3v) is 9.99. The van der Waals surface area contributed by atoms with Crippen molar-refractivity contribution in [2.24, 2.45) is 5.92 Å². The van der Waals surface area contributed by atoms with Crippen molar-refractivity contribution in [2.45, 2.75) is 31.6 Å². The fourth-order valence-electron chi connectivity index (χ4n) is 5.89. The van der Waals surface area contributed by atoms with E-state index in [9.17, 15) is 4.79 Å². The molecule has 45 heavy (non-hydrogen) atoms. The van der Waals surface area contributed by atoms with Gasteiger partial charge in [0, 0.05) is 34.5 Å². The standard InChI is InChI=1S/C34H35N5O4S2/c1-41-26-17-24(18-27(42-2)29(26)43-3)37-34-39-31(35)30(45-34)33-38-25(19-44-33)22-14-9-15-23(16-22)36-32(40)28(21-12-7-8-13-21)20-10-5-4-6-11-20/h4-6,9-11,14-19,21,28H,7-8,12-13,35H2,1-3H3,(H,36,40)(H,37,39). The number of nitrogens with zero attached hydrogens (tertiary/aromatic N) is 2. The summed E-state index contributed by atoms with van der Waals surface area (Å²) >= 11 is 2.90. The maximum Gasteiger partial charge on any atom is 0.232 e. The topological polar surface area (TPSA) is 121 Å². The van der Waals surface area contributed by atoms with Gasteiger partial charge in [-0.15, -0.1) is 11.3 Å². The van der Waals surface area contributed by atoms with Crippen LogP contribution in [0.25, 0.3) is 21.1 Å². The summed E-state index contributed by atoms with van der Waals surface area (Å²) in [5.74, 6) is 2.18. The van der Waals surface area contributed by atoms with Crippen LogP contribution in [0.2, 0.25) is 0 Å². The van der Waals surface area contributed by atoms with Gasteiger partial charge in [0.15, 0.2) is 16.6 Å². The van der Waals surface area contributed by atoms with Gasteiger partial charge in [-0.25, -0.2) is 9.97 Å². The van der Waals surface area contributed by atoms with Crippen molar-refractivity contribution in [3.05, 3.63) is 77.7 Å². The Bertz CT molecular complexity index is 1760. The number of ether oxygens (including phenoxy) is 3. The summed E-state index contributed by atoms with van der Waals surface area (Å²) in [6.07, 6.45) is 4.51. The normalized spacial score (nSPS) is 13.8. The Kier molecular flexibility index (Phi) is 9.18. The molecular weight excluding hydrogens is 607 g/mol. The van der Waals surface area contributed by atoms with E-state index in [-0.39, 0.29) is 11.8 Å².